The molecule has 0 saturated carbocycles. The van der Waals surface area contributed by atoms with Gasteiger partial charge in [0.25, 0.3) is 0 Å². The summed E-state index contributed by atoms with van der Waals surface area (Å²) in [6, 6.07) is 3.49. The first kappa shape index (κ1) is 10.3. The number of terminal acetylenes is 1. The number of carbonyl (C=O) groups excluding carboxylic acids is 1. The molecule has 0 aliphatic rings. The lowest BCUT2D eigenvalue weighted by molar-refractivity contribution is 0.101. The van der Waals surface area contributed by atoms with Gasteiger partial charge in [0.1, 0.15) is 5.82 Å². The van der Waals surface area contributed by atoms with Gasteiger partial charge in [-0.05, 0) is 19.1 Å². The fourth-order valence-electron chi connectivity index (χ4n) is 1.19. The van der Waals surface area contributed by atoms with Crippen LogP contribution in [-0.2, 0) is 0 Å². The lowest BCUT2D eigenvalue weighted by Gasteiger charge is -2.16. The Balaban J connectivity index is 3.08. The minimum atomic E-state index is -0.00280. The first-order valence-corrected chi connectivity index (χ1v) is 4.27. The van der Waals surface area contributed by atoms with Gasteiger partial charge in [-0.25, -0.2) is 4.98 Å². The van der Waals surface area contributed by atoms with Crippen LogP contribution in [0.3, 0.4) is 0 Å². The van der Waals surface area contributed by atoms with Crippen LogP contribution in [0.4, 0.5) is 5.82 Å². The number of ketones is 1. The molecule has 0 N–H and O–H groups in total. The molecule has 72 valence electrons. The fraction of sp³-hybridized carbons (Fsp3) is 0.273. The summed E-state index contributed by atoms with van der Waals surface area (Å²) in [7, 11) is 1.81. The molecule has 0 atom stereocenters. The summed E-state index contributed by atoms with van der Waals surface area (Å²) in [4.78, 5) is 17.2. The molecule has 0 spiro atoms. The molecule has 0 aliphatic heterocycles. The zero-order valence-electron chi connectivity index (χ0n) is 8.32. The van der Waals surface area contributed by atoms with Crippen LogP contribution in [0.15, 0.2) is 18.3 Å². The quantitative estimate of drug-likeness (QED) is 0.530. The van der Waals surface area contributed by atoms with E-state index < -0.39 is 0 Å². The topological polar surface area (TPSA) is 33.2 Å². The van der Waals surface area contributed by atoms with Gasteiger partial charge in [-0.2, -0.15) is 0 Å². The summed E-state index contributed by atoms with van der Waals surface area (Å²) >= 11 is 0. The Hall–Kier alpha value is -1.82. The predicted octanol–water partition coefficient (Wildman–Crippen LogP) is 1.35. The summed E-state index contributed by atoms with van der Waals surface area (Å²) in [6.07, 6.45) is 6.84. The first-order chi connectivity index (χ1) is 6.66. The summed E-state index contributed by atoms with van der Waals surface area (Å²) in [5.74, 6) is 3.14. The summed E-state index contributed by atoms with van der Waals surface area (Å²) < 4.78 is 0. The molecule has 0 saturated heterocycles. The Morgan fingerprint density at radius 3 is 3.00 bits per heavy atom. The van der Waals surface area contributed by atoms with Gasteiger partial charge in [0.2, 0.25) is 0 Å². The molecule has 14 heavy (non-hydrogen) atoms. The van der Waals surface area contributed by atoms with E-state index >= 15 is 0 Å². The lowest BCUT2D eigenvalue weighted by atomic mass is 10.2. The van der Waals surface area contributed by atoms with E-state index in [0.29, 0.717) is 17.9 Å². The Morgan fingerprint density at radius 1 is 1.71 bits per heavy atom. The van der Waals surface area contributed by atoms with Gasteiger partial charge in [0.05, 0.1) is 12.1 Å². The van der Waals surface area contributed by atoms with E-state index in [-0.39, 0.29) is 5.78 Å². The van der Waals surface area contributed by atoms with Crippen molar-refractivity contribution >= 4 is 11.6 Å². The SMILES string of the molecule is C#CCN(C)c1ncccc1C(C)=O. The van der Waals surface area contributed by atoms with Crippen molar-refractivity contribution in [3.63, 3.8) is 0 Å². The fourth-order valence-corrected chi connectivity index (χ4v) is 1.19. The van der Waals surface area contributed by atoms with Crippen LogP contribution in [-0.4, -0.2) is 24.4 Å². The van der Waals surface area contributed by atoms with Crippen molar-refractivity contribution in [3.8, 4) is 12.3 Å². The van der Waals surface area contributed by atoms with Crippen LogP contribution >= 0.6 is 0 Å². The number of pyridine rings is 1. The number of hydrogen-bond donors (Lipinski definition) is 0. The highest BCUT2D eigenvalue weighted by Crippen LogP contribution is 2.15. The van der Waals surface area contributed by atoms with Crippen LogP contribution in [0.25, 0.3) is 0 Å². The highest BCUT2D eigenvalue weighted by atomic mass is 16.1. The molecule has 0 amide bonds. The van der Waals surface area contributed by atoms with Crippen LogP contribution in [0.1, 0.15) is 17.3 Å². The highest BCUT2D eigenvalue weighted by molar-refractivity contribution is 5.98. The van der Waals surface area contributed by atoms with E-state index in [4.69, 9.17) is 6.42 Å². The molecule has 1 aromatic rings. The van der Waals surface area contributed by atoms with E-state index in [1.54, 1.807) is 23.2 Å². The van der Waals surface area contributed by atoms with E-state index in [9.17, 15) is 4.79 Å². The van der Waals surface area contributed by atoms with Crippen LogP contribution in [0.5, 0.6) is 0 Å². The van der Waals surface area contributed by atoms with Gasteiger partial charge in [-0.15, -0.1) is 6.42 Å². The highest BCUT2D eigenvalue weighted by Gasteiger charge is 2.10. The minimum absolute atomic E-state index is 0.00280. The molecule has 0 aliphatic carbocycles. The van der Waals surface area contributed by atoms with Crippen LogP contribution < -0.4 is 4.90 Å². The third-order valence-corrected chi connectivity index (χ3v) is 1.86. The van der Waals surface area contributed by atoms with Gasteiger partial charge in [-0.1, -0.05) is 5.92 Å². The summed E-state index contributed by atoms with van der Waals surface area (Å²) in [5.41, 5.74) is 0.602. The van der Waals surface area contributed by atoms with E-state index in [0.717, 1.165) is 0 Å². The number of Topliss-reactive ketones (excluding diaryl/α,β-unsaturated/α-hetero) is 1. The van der Waals surface area contributed by atoms with Gasteiger partial charge >= 0.3 is 0 Å². The zero-order chi connectivity index (χ0) is 10.6. The Morgan fingerprint density at radius 2 is 2.43 bits per heavy atom. The molecule has 0 fully saturated rings. The lowest BCUT2D eigenvalue weighted by Crippen LogP contribution is -2.20. The number of nitrogens with zero attached hydrogens (tertiary/aromatic N) is 2. The number of aromatic nitrogens is 1. The second-order valence-corrected chi connectivity index (χ2v) is 2.99. The Kier molecular flexibility index (Phi) is 3.24. The van der Waals surface area contributed by atoms with Crippen molar-refractivity contribution in [2.24, 2.45) is 0 Å². The minimum Gasteiger partial charge on any atom is -0.348 e. The number of hydrogen-bond acceptors (Lipinski definition) is 3. The largest absolute Gasteiger partial charge is 0.348 e. The van der Waals surface area contributed by atoms with E-state index in [1.165, 1.54) is 6.92 Å². The maximum Gasteiger partial charge on any atom is 0.163 e. The molecule has 1 heterocycles. The van der Waals surface area contributed by atoms with Gasteiger partial charge in [0, 0.05) is 13.2 Å². The van der Waals surface area contributed by atoms with Gasteiger partial charge in [0.15, 0.2) is 5.78 Å². The molecule has 1 aromatic heterocycles. The average molecular weight is 188 g/mol. The summed E-state index contributed by atoms with van der Waals surface area (Å²) in [6.45, 7) is 1.96. The second-order valence-electron chi connectivity index (χ2n) is 2.99. The van der Waals surface area contributed by atoms with Crippen molar-refractivity contribution in [1.29, 1.82) is 0 Å². The monoisotopic (exact) mass is 188 g/mol. The van der Waals surface area contributed by atoms with Crippen molar-refractivity contribution in [2.45, 2.75) is 6.92 Å². The average Bonchev–Trinajstić information content (AvgIpc) is 2.18. The number of rotatable bonds is 3. The first-order valence-electron chi connectivity index (χ1n) is 4.27. The van der Waals surface area contributed by atoms with Gasteiger partial charge < -0.3 is 4.90 Å². The van der Waals surface area contributed by atoms with Gasteiger partial charge in [-0.3, -0.25) is 4.79 Å². The molecular formula is C11H12N2O. The number of carbonyl (C=O) groups is 1. The van der Waals surface area contributed by atoms with Crippen molar-refractivity contribution in [2.75, 3.05) is 18.5 Å². The van der Waals surface area contributed by atoms with Crippen LogP contribution in [0.2, 0.25) is 0 Å². The second kappa shape index (κ2) is 4.43. The molecular weight excluding hydrogens is 176 g/mol. The predicted molar refractivity (Wildman–Crippen MR) is 56.3 cm³/mol. The summed E-state index contributed by atoms with van der Waals surface area (Å²) in [5, 5.41) is 0. The standard InChI is InChI=1S/C11H12N2O/c1-4-8-13(3)11-10(9(2)14)6-5-7-12-11/h1,5-7H,8H2,2-3H3. The Bertz CT molecular complexity index is 379. The van der Waals surface area contributed by atoms with Crippen molar-refractivity contribution in [1.82, 2.24) is 4.98 Å². The normalized spacial score (nSPS) is 9.21. The molecule has 0 bridgehead atoms. The van der Waals surface area contributed by atoms with Crippen LogP contribution in [0, 0.1) is 12.3 Å². The molecule has 1 rings (SSSR count). The van der Waals surface area contributed by atoms with E-state index in [1.807, 2.05) is 7.05 Å². The van der Waals surface area contributed by atoms with Crippen molar-refractivity contribution < 1.29 is 4.79 Å². The smallest absolute Gasteiger partial charge is 0.163 e. The third-order valence-electron chi connectivity index (χ3n) is 1.86. The molecule has 0 unspecified atom stereocenters. The van der Waals surface area contributed by atoms with Crippen molar-refractivity contribution in [3.05, 3.63) is 23.9 Å². The third kappa shape index (κ3) is 2.11. The maximum absolute atomic E-state index is 11.3. The Labute approximate surface area is 83.8 Å². The van der Waals surface area contributed by atoms with E-state index in [2.05, 4.69) is 10.9 Å². The molecule has 3 heteroatoms. The molecule has 0 aromatic carbocycles. The molecule has 0 radical (unpaired) electrons. The number of anilines is 1. The molecule has 3 nitrogen and oxygen atoms in total. The zero-order valence-corrected chi connectivity index (χ0v) is 8.32. The maximum atomic E-state index is 11.3.